The van der Waals surface area contributed by atoms with E-state index in [2.05, 4.69) is 5.32 Å². The summed E-state index contributed by atoms with van der Waals surface area (Å²) < 4.78 is 4.96. The Bertz CT molecular complexity index is 750. The molecule has 0 saturated carbocycles. The Labute approximate surface area is 160 Å². The summed E-state index contributed by atoms with van der Waals surface area (Å²) in [7, 11) is 0. The highest BCUT2D eigenvalue weighted by Crippen LogP contribution is 2.29. The highest BCUT2D eigenvalue weighted by atomic mass is 35.5. The van der Waals surface area contributed by atoms with E-state index in [1.807, 2.05) is 31.2 Å². The fourth-order valence-corrected chi connectivity index (χ4v) is 3.04. The minimum absolute atomic E-state index is 0.180. The predicted octanol–water partition coefficient (Wildman–Crippen LogP) is 4.72. The van der Waals surface area contributed by atoms with Crippen molar-refractivity contribution in [3.8, 4) is 0 Å². The van der Waals surface area contributed by atoms with Gasteiger partial charge in [0.25, 0.3) is 5.91 Å². The first kappa shape index (κ1) is 19.6. The van der Waals surface area contributed by atoms with Crippen LogP contribution in [0.3, 0.4) is 0 Å². The maximum absolute atomic E-state index is 11.8. The van der Waals surface area contributed by atoms with E-state index >= 15 is 0 Å². The molecule has 0 unspecified atom stereocenters. The van der Waals surface area contributed by atoms with Crippen molar-refractivity contribution in [3.05, 3.63) is 63.6 Å². The van der Waals surface area contributed by atoms with E-state index in [-0.39, 0.29) is 17.4 Å². The van der Waals surface area contributed by atoms with Crippen molar-refractivity contribution in [2.75, 3.05) is 17.7 Å². The van der Waals surface area contributed by atoms with Crippen LogP contribution in [0.15, 0.2) is 42.5 Å². The van der Waals surface area contributed by atoms with Crippen LogP contribution in [-0.4, -0.2) is 24.2 Å². The monoisotopic (exact) mass is 397 g/mol. The van der Waals surface area contributed by atoms with Crippen molar-refractivity contribution >= 4 is 52.5 Å². The zero-order chi connectivity index (χ0) is 18.2. The molecule has 0 fully saturated rings. The molecular weight excluding hydrogens is 381 g/mol. The second kappa shape index (κ2) is 9.70. The Morgan fingerprint density at radius 1 is 1.12 bits per heavy atom. The number of hydrogen-bond donors (Lipinski definition) is 1. The Kier molecular flexibility index (Phi) is 7.62. The molecule has 0 aliphatic carbocycles. The minimum Gasteiger partial charge on any atom is -0.455 e. The van der Waals surface area contributed by atoms with E-state index in [0.717, 1.165) is 5.56 Å². The summed E-state index contributed by atoms with van der Waals surface area (Å²) in [6.45, 7) is 1.66. The maximum Gasteiger partial charge on any atom is 0.316 e. The second-order valence-electron chi connectivity index (χ2n) is 5.29. The molecule has 4 nitrogen and oxygen atoms in total. The van der Waals surface area contributed by atoms with Gasteiger partial charge in [0, 0.05) is 5.75 Å². The number of halogens is 2. The average molecular weight is 398 g/mol. The van der Waals surface area contributed by atoms with Crippen LogP contribution in [0.25, 0.3) is 0 Å². The number of anilines is 1. The summed E-state index contributed by atoms with van der Waals surface area (Å²) in [5.74, 6) is -0.0239. The minimum atomic E-state index is -0.471. The van der Waals surface area contributed by atoms with Gasteiger partial charge in [-0.1, -0.05) is 59.1 Å². The fraction of sp³-hybridized carbons (Fsp3) is 0.222. The maximum atomic E-state index is 11.8. The first-order chi connectivity index (χ1) is 12.0. The molecule has 0 aromatic heterocycles. The van der Waals surface area contributed by atoms with Gasteiger partial charge in [-0.15, -0.1) is 11.8 Å². The van der Waals surface area contributed by atoms with Crippen LogP contribution in [0.4, 0.5) is 5.69 Å². The Morgan fingerprint density at radius 3 is 2.56 bits per heavy atom. The number of thioether (sulfide) groups is 1. The van der Waals surface area contributed by atoms with Gasteiger partial charge in [0.1, 0.15) is 0 Å². The van der Waals surface area contributed by atoms with Gasteiger partial charge in [0.2, 0.25) is 0 Å². The molecule has 0 heterocycles. The Hall–Kier alpha value is -1.69. The second-order valence-corrected chi connectivity index (χ2v) is 7.06. The van der Waals surface area contributed by atoms with E-state index in [0.29, 0.717) is 16.5 Å². The third kappa shape index (κ3) is 6.61. The van der Waals surface area contributed by atoms with Gasteiger partial charge >= 0.3 is 5.97 Å². The molecule has 0 aliphatic rings. The number of rotatable bonds is 7. The molecule has 1 N–H and O–H groups in total. The molecule has 0 radical (unpaired) electrons. The number of esters is 1. The summed E-state index contributed by atoms with van der Waals surface area (Å²) in [5.41, 5.74) is 2.71. The zero-order valence-corrected chi connectivity index (χ0v) is 15.9. The van der Waals surface area contributed by atoms with E-state index in [9.17, 15) is 9.59 Å². The molecule has 0 aliphatic heterocycles. The third-order valence-corrected chi connectivity index (χ3v) is 5.00. The first-order valence-electron chi connectivity index (χ1n) is 7.48. The lowest BCUT2D eigenvalue weighted by atomic mass is 10.2. The number of carbonyl (C=O) groups excluding carboxylic acids is 2. The summed E-state index contributed by atoms with van der Waals surface area (Å²) >= 11 is 13.3. The molecule has 7 heteroatoms. The standard InChI is InChI=1S/C18H17Cl2NO3S/c1-12-5-7-13(8-6-12)10-25-11-17(23)24-9-16(22)21-15-4-2-3-14(19)18(15)20/h2-8H,9-11H2,1H3,(H,21,22). The molecule has 25 heavy (non-hydrogen) atoms. The van der Waals surface area contributed by atoms with Gasteiger partial charge < -0.3 is 10.1 Å². The topological polar surface area (TPSA) is 55.4 Å². The molecule has 2 aromatic rings. The first-order valence-corrected chi connectivity index (χ1v) is 9.39. The molecule has 0 bridgehead atoms. The summed E-state index contributed by atoms with van der Waals surface area (Å²) in [4.78, 5) is 23.5. The van der Waals surface area contributed by atoms with E-state index in [4.69, 9.17) is 27.9 Å². The van der Waals surface area contributed by atoms with Crippen molar-refractivity contribution in [3.63, 3.8) is 0 Å². The van der Waals surface area contributed by atoms with Crippen LogP contribution in [0.2, 0.25) is 10.0 Å². The van der Waals surface area contributed by atoms with Crippen LogP contribution in [0, 0.1) is 6.92 Å². The number of benzene rings is 2. The fourth-order valence-electron chi connectivity index (χ4n) is 1.91. The average Bonchev–Trinajstić information content (AvgIpc) is 2.59. The van der Waals surface area contributed by atoms with Crippen LogP contribution in [0.5, 0.6) is 0 Å². The van der Waals surface area contributed by atoms with Crippen molar-refractivity contribution in [2.45, 2.75) is 12.7 Å². The molecular formula is C18H17Cl2NO3S. The predicted molar refractivity (Wildman–Crippen MR) is 103 cm³/mol. The summed E-state index contributed by atoms with van der Waals surface area (Å²) in [6, 6.07) is 13.0. The van der Waals surface area contributed by atoms with Crippen LogP contribution >= 0.6 is 35.0 Å². The van der Waals surface area contributed by atoms with E-state index in [1.165, 1.54) is 17.3 Å². The normalized spacial score (nSPS) is 10.4. The lowest BCUT2D eigenvalue weighted by Crippen LogP contribution is -2.21. The van der Waals surface area contributed by atoms with Crippen LogP contribution in [-0.2, 0) is 20.1 Å². The summed E-state index contributed by atoms with van der Waals surface area (Å²) in [6.07, 6.45) is 0. The van der Waals surface area contributed by atoms with Crippen molar-refractivity contribution in [1.82, 2.24) is 0 Å². The highest BCUT2D eigenvalue weighted by molar-refractivity contribution is 7.99. The molecule has 132 valence electrons. The number of aryl methyl sites for hydroxylation is 1. The number of hydrogen-bond acceptors (Lipinski definition) is 4. The van der Waals surface area contributed by atoms with Crippen molar-refractivity contribution in [1.29, 1.82) is 0 Å². The van der Waals surface area contributed by atoms with E-state index < -0.39 is 11.9 Å². The quantitative estimate of drug-likeness (QED) is 0.686. The molecule has 0 atom stereocenters. The number of ether oxygens (including phenoxy) is 1. The van der Waals surface area contributed by atoms with Crippen molar-refractivity contribution < 1.29 is 14.3 Å². The SMILES string of the molecule is Cc1ccc(CSCC(=O)OCC(=O)Nc2cccc(Cl)c2Cl)cc1. The Balaban J connectivity index is 1.69. The van der Waals surface area contributed by atoms with Gasteiger partial charge in [-0.2, -0.15) is 0 Å². The largest absolute Gasteiger partial charge is 0.455 e. The van der Waals surface area contributed by atoms with Gasteiger partial charge in [-0.05, 0) is 24.6 Å². The van der Waals surface area contributed by atoms with Gasteiger partial charge in [-0.25, -0.2) is 0 Å². The number of carbonyl (C=O) groups is 2. The molecule has 2 rings (SSSR count). The smallest absolute Gasteiger partial charge is 0.316 e. The zero-order valence-electron chi connectivity index (χ0n) is 13.6. The highest BCUT2D eigenvalue weighted by Gasteiger charge is 2.11. The number of nitrogens with one attached hydrogen (secondary N) is 1. The molecule has 0 saturated heterocycles. The lowest BCUT2D eigenvalue weighted by Gasteiger charge is -2.09. The van der Waals surface area contributed by atoms with Crippen molar-refractivity contribution in [2.24, 2.45) is 0 Å². The summed E-state index contributed by atoms with van der Waals surface area (Å²) in [5, 5.41) is 3.14. The van der Waals surface area contributed by atoms with Gasteiger partial charge in [-0.3, -0.25) is 9.59 Å². The van der Waals surface area contributed by atoms with Crippen LogP contribution < -0.4 is 5.32 Å². The van der Waals surface area contributed by atoms with Crippen LogP contribution in [0.1, 0.15) is 11.1 Å². The molecule has 2 aromatic carbocycles. The van der Waals surface area contributed by atoms with E-state index in [1.54, 1.807) is 18.2 Å². The Morgan fingerprint density at radius 2 is 1.84 bits per heavy atom. The van der Waals surface area contributed by atoms with Gasteiger partial charge in [0.15, 0.2) is 6.61 Å². The third-order valence-electron chi connectivity index (χ3n) is 3.20. The van der Waals surface area contributed by atoms with Gasteiger partial charge in [0.05, 0.1) is 21.5 Å². The number of amides is 1. The molecule has 0 spiro atoms. The lowest BCUT2D eigenvalue weighted by molar-refractivity contribution is -0.144. The molecule has 1 amide bonds.